The lowest BCUT2D eigenvalue weighted by Gasteiger charge is -2.29. The first-order chi connectivity index (χ1) is 12.5. The molecule has 2 aromatic rings. The monoisotopic (exact) mass is 357 g/mol. The van der Waals surface area contributed by atoms with E-state index in [0.29, 0.717) is 17.3 Å². The number of benzene rings is 1. The molecule has 2 bridgehead atoms. The van der Waals surface area contributed by atoms with Gasteiger partial charge in [0.05, 0.1) is 0 Å². The van der Waals surface area contributed by atoms with Crippen LogP contribution < -0.4 is 5.32 Å². The van der Waals surface area contributed by atoms with Gasteiger partial charge in [-0.1, -0.05) is 18.6 Å². The Labute approximate surface area is 152 Å². The van der Waals surface area contributed by atoms with Crippen LogP contribution in [-0.2, 0) is 4.79 Å². The second kappa shape index (κ2) is 6.78. The smallest absolute Gasteiger partial charge is 0.246 e. The lowest BCUT2D eigenvalue weighted by atomic mass is 9.84. The molecule has 0 aliphatic heterocycles. The van der Waals surface area contributed by atoms with Crippen LogP contribution in [-0.4, -0.2) is 32.2 Å². The van der Waals surface area contributed by atoms with Gasteiger partial charge in [-0.2, -0.15) is 4.80 Å². The van der Waals surface area contributed by atoms with Crippen molar-refractivity contribution in [1.82, 2.24) is 25.5 Å². The van der Waals surface area contributed by atoms with Crippen LogP contribution >= 0.6 is 0 Å². The second-order valence-electron chi connectivity index (χ2n) is 7.76. The summed E-state index contributed by atoms with van der Waals surface area (Å²) in [4.78, 5) is 13.9. The van der Waals surface area contributed by atoms with Crippen LogP contribution in [0.5, 0.6) is 0 Å². The number of tetrazole rings is 1. The van der Waals surface area contributed by atoms with E-state index >= 15 is 0 Å². The third-order valence-electron chi connectivity index (χ3n) is 6.04. The quantitative estimate of drug-likeness (QED) is 0.893. The standard InChI is InChI=1S/C19H24FN5O/c1-11(17-9-13-6-7-14(17)8-13)21-19(26)12(2)25-23-18(22-24-25)15-4-3-5-16(20)10-15/h3-5,10-14,17H,6-9H2,1-2H3,(H,21,26). The van der Waals surface area contributed by atoms with Gasteiger partial charge in [-0.3, -0.25) is 4.79 Å². The average Bonchev–Trinajstić information content (AvgIpc) is 3.37. The van der Waals surface area contributed by atoms with Gasteiger partial charge in [-0.05, 0) is 68.2 Å². The zero-order valence-corrected chi connectivity index (χ0v) is 15.1. The lowest BCUT2D eigenvalue weighted by molar-refractivity contribution is -0.125. The maximum absolute atomic E-state index is 13.4. The van der Waals surface area contributed by atoms with Gasteiger partial charge < -0.3 is 5.32 Å². The van der Waals surface area contributed by atoms with Crippen LogP contribution in [0.25, 0.3) is 11.4 Å². The number of amides is 1. The number of hydrogen-bond donors (Lipinski definition) is 1. The number of rotatable bonds is 5. The Balaban J connectivity index is 1.41. The van der Waals surface area contributed by atoms with Crippen LogP contribution in [0.1, 0.15) is 45.6 Å². The molecule has 2 fully saturated rings. The molecule has 6 nitrogen and oxygen atoms in total. The maximum Gasteiger partial charge on any atom is 0.246 e. The molecule has 1 N–H and O–H groups in total. The zero-order valence-electron chi connectivity index (χ0n) is 15.1. The van der Waals surface area contributed by atoms with Crippen molar-refractivity contribution in [3.8, 4) is 11.4 Å². The Kier molecular flexibility index (Phi) is 4.46. The fourth-order valence-electron chi connectivity index (χ4n) is 4.60. The number of fused-ring (bicyclic) bond motifs is 2. The average molecular weight is 357 g/mol. The topological polar surface area (TPSA) is 72.7 Å². The van der Waals surface area contributed by atoms with Gasteiger partial charge in [0.25, 0.3) is 0 Å². The molecular weight excluding hydrogens is 333 g/mol. The summed E-state index contributed by atoms with van der Waals surface area (Å²) in [6, 6.07) is 5.62. The first kappa shape index (κ1) is 17.1. The van der Waals surface area contributed by atoms with Crippen molar-refractivity contribution < 1.29 is 9.18 Å². The van der Waals surface area contributed by atoms with Crippen LogP contribution in [0.2, 0.25) is 0 Å². The molecule has 4 rings (SSSR count). The van der Waals surface area contributed by atoms with Crippen molar-refractivity contribution in [1.29, 1.82) is 0 Å². The van der Waals surface area contributed by atoms with Gasteiger partial charge in [0, 0.05) is 11.6 Å². The van der Waals surface area contributed by atoms with E-state index in [2.05, 4.69) is 27.7 Å². The van der Waals surface area contributed by atoms with Gasteiger partial charge in [0.15, 0.2) is 0 Å². The van der Waals surface area contributed by atoms with E-state index < -0.39 is 6.04 Å². The highest BCUT2D eigenvalue weighted by Crippen LogP contribution is 2.49. The number of carbonyl (C=O) groups excluding carboxylic acids is 1. The minimum atomic E-state index is -0.564. The number of halogens is 1. The molecule has 26 heavy (non-hydrogen) atoms. The van der Waals surface area contributed by atoms with Gasteiger partial charge in [-0.15, -0.1) is 10.2 Å². The molecule has 1 heterocycles. The Hall–Kier alpha value is -2.31. The molecule has 0 spiro atoms. The highest BCUT2D eigenvalue weighted by Gasteiger charge is 2.42. The molecular formula is C19H24FN5O. The van der Waals surface area contributed by atoms with E-state index in [1.165, 1.54) is 42.6 Å². The SMILES string of the molecule is CC(NC(=O)C(C)n1nnc(-c2cccc(F)c2)n1)C1CC2CCC1C2. The van der Waals surface area contributed by atoms with Crippen molar-refractivity contribution in [2.24, 2.45) is 17.8 Å². The van der Waals surface area contributed by atoms with E-state index in [-0.39, 0.29) is 17.8 Å². The van der Waals surface area contributed by atoms with E-state index in [1.807, 2.05) is 0 Å². The molecule has 5 atom stereocenters. The van der Waals surface area contributed by atoms with Crippen molar-refractivity contribution in [3.05, 3.63) is 30.1 Å². The summed E-state index contributed by atoms with van der Waals surface area (Å²) in [6.45, 7) is 3.85. The van der Waals surface area contributed by atoms with Crippen LogP contribution in [0.3, 0.4) is 0 Å². The molecule has 2 saturated carbocycles. The van der Waals surface area contributed by atoms with E-state index in [1.54, 1.807) is 19.1 Å². The largest absolute Gasteiger partial charge is 0.351 e. The zero-order chi connectivity index (χ0) is 18.3. The van der Waals surface area contributed by atoms with Gasteiger partial charge in [-0.25, -0.2) is 4.39 Å². The van der Waals surface area contributed by atoms with Crippen LogP contribution in [0.15, 0.2) is 24.3 Å². The minimum absolute atomic E-state index is 0.108. The molecule has 1 amide bonds. The van der Waals surface area contributed by atoms with Crippen molar-refractivity contribution in [2.45, 2.75) is 51.6 Å². The third-order valence-corrected chi connectivity index (χ3v) is 6.04. The number of hydrogen-bond acceptors (Lipinski definition) is 4. The number of carbonyl (C=O) groups is 1. The fraction of sp³-hybridized carbons (Fsp3) is 0.579. The Morgan fingerprint density at radius 1 is 1.31 bits per heavy atom. The summed E-state index contributed by atoms with van der Waals surface area (Å²) in [5, 5.41) is 15.3. The summed E-state index contributed by atoms with van der Waals surface area (Å²) in [5.41, 5.74) is 0.541. The van der Waals surface area contributed by atoms with Crippen molar-refractivity contribution in [2.75, 3.05) is 0 Å². The van der Waals surface area contributed by atoms with Crippen LogP contribution in [0.4, 0.5) is 4.39 Å². The summed E-state index contributed by atoms with van der Waals surface area (Å²) in [5.74, 6) is 2.04. The van der Waals surface area contributed by atoms with Gasteiger partial charge in [0.2, 0.25) is 11.7 Å². The van der Waals surface area contributed by atoms with E-state index in [4.69, 9.17) is 0 Å². The van der Waals surface area contributed by atoms with Gasteiger partial charge >= 0.3 is 0 Å². The fourth-order valence-corrected chi connectivity index (χ4v) is 4.60. The van der Waals surface area contributed by atoms with Gasteiger partial charge in [0.1, 0.15) is 11.9 Å². The van der Waals surface area contributed by atoms with Crippen LogP contribution in [0, 0.1) is 23.6 Å². The van der Waals surface area contributed by atoms with E-state index in [9.17, 15) is 9.18 Å². The molecule has 1 aromatic heterocycles. The summed E-state index contributed by atoms with van der Waals surface area (Å²) in [7, 11) is 0. The summed E-state index contributed by atoms with van der Waals surface area (Å²) in [6.07, 6.45) is 5.20. The number of nitrogens with one attached hydrogen (secondary N) is 1. The molecule has 5 unspecified atom stereocenters. The summed E-state index contributed by atoms with van der Waals surface area (Å²) >= 11 is 0. The minimum Gasteiger partial charge on any atom is -0.351 e. The number of nitrogens with zero attached hydrogens (tertiary/aromatic N) is 4. The van der Waals surface area contributed by atoms with Crippen molar-refractivity contribution in [3.63, 3.8) is 0 Å². The second-order valence-corrected chi connectivity index (χ2v) is 7.76. The predicted molar refractivity (Wildman–Crippen MR) is 94.5 cm³/mol. The third kappa shape index (κ3) is 3.22. The summed E-state index contributed by atoms with van der Waals surface area (Å²) < 4.78 is 13.4. The molecule has 2 aliphatic rings. The predicted octanol–water partition coefficient (Wildman–Crippen LogP) is 2.98. The lowest BCUT2D eigenvalue weighted by Crippen LogP contribution is -2.43. The normalized spacial score (nSPS) is 26.7. The molecule has 0 radical (unpaired) electrons. The molecule has 1 aromatic carbocycles. The highest BCUT2D eigenvalue weighted by atomic mass is 19.1. The Morgan fingerprint density at radius 3 is 2.85 bits per heavy atom. The molecule has 0 saturated heterocycles. The first-order valence-electron chi connectivity index (χ1n) is 9.37. The molecule has 138 valence electrons. The maximum atomic E-state index is 13.4. The molecule has 7 heteroatoms. The Bertz CT molecular complexity index is 807. The van der Waals surface area contributed by atoms with Crippen molar-refractivity contribution >= 4 is 5.91 Å². The Morgan fingerprint density at radius 2 is 2.15 bits per heavy atom. The number of aromatic nitrogens is 4. The highest BCUT2D eigenvalue weighted by molar-refractivity contribution is 5.80. The van der Waals surface area contributed by atoms with E-state index in [0.717, 1.165) is 11.8 Å². The molecule has 2 aliphatic carbocycles. The first-order valence-corrected chi connectivity index (χ1v) is 9.37.